The number of ether oxygens (including phenoxy) is 2. The fraction of sp³-hybridized carbons (Fsp3) is 0.776. The van der Waals surface area contributed by atoms with E-state index in [2.05, 4.69) is 74.6 Å². The zero-order chi connectivity index (χ0) is 42.3. The smallest absolute Gasteiger partial charge is 0.457 e. The molecule has 58 heavy (non-hydrogen) atoms. The third-order valence-electron chi connectivity index (χ3n) is 9.95. The van der Waals surface area contributed by atoms with E-state index >= 15 is 0 Å². The minimum Gasteiger partial charge on any atom is -0.457 e. The molecule has 0 rings (SSSR count). The van der Waals surface area contributed by atoms with Gasteiger partial charge in [-0.3, -0.25) is 13.8 Å². The Morgan fingerprint density at radius 2 is 0.966 bits per heavy atom. The molecule has 0 aromatic rings. The van der Waals surface area contributed by atoms with Crippen molar-refractivity contribution in [3.05, 3.63) is 60.8 Å². The van der Waals surface area contributed by atoms with E-state index in [0.717, 1.165) is 70.6 Å². The molecule has 0 saturated heterocycles. The second kappa shape index (κ2) is 46.3. The average Bonchev–Trinajstić information content (AvgIpc) is 3.21. The molecule has 8 nitrogen and oxygen atoms in total. The fourth-order valence-electron chi connectivity index (χ4n) is 6.49. The van der Waals surface area contributed by atoms with Gasteiger partial charge in [0, 0.05) is 19.6 Å². The molecule has 338 valence electrons. The normalized spacial score (nSPS) is 13.9. The second-order valence-electron chi connectivity index (χ2n) is 15.6. The maximum absolute atomic E-state index is 12.6. The van der Waals surface area contributed by atoms with Gasteiger partial charge in [-0.05, 0) is 57.8 Å². The lowest BCUT2D eigenvalue weighted by Gasteiger charge is -2.20. The Kier molecular flexibility index (Phi) is 44.8. The standard InChI is InChI=1S/C49H90NO7P/c1-3-5-7-9-11-13-15-17-19-21-23-25-27-29-31-33-35-37-39-41-44-54-46-48(47-56-58(52,53)55-45-43-50)57-49(51)42-40-38-36-34-32-30-28-26-24-22-20-18-16-14-12-10-8-6-4-2/h6,8,12,14,18,20,24,26,30,32,48H,3-5,7,9-11,13,15-17,19,21-23,25,27-29,31,33-47,50H2,1-2H3,(H,52,53)/b8-6-,14-12-,20-18-,26-24-,32-30-. The topological polar surface area (TPSA) is 117 Å². The highest BCUT2D eigenvalue weighted by Crippen LogP contribution is 2.43. The predicted molar refractivity (Wildman–Crippen MR) is 247 cm³/mol. The largest absolute Gasteiger partial charge is 0.472 e. The first kappa shape index (κ1) is 56.2. The van der Waals surface area contributed by atoms with Crippen molar-refractivity contribution < 1.29 is 32.8 Å². The van der Waals surface area contributed by atoms with Gasteiger partial charge in [0.15, 0.2) is 0 Å². The third kappa shape index (κ3) is 45.3. The van der Waals surface area contributed by atoms with Crippen LogP contribution in [0.2, 0.25) is 0 Å². The predicted octanol–water partition coefficient (Wildman–Crippen LogP) is 14.5. The van der Waals surface area contributed by atoms with Crippen LogP contribution < -0.4 is 5.73 Å². The van der Waals surface area contributed by atoms with Gasteiger partial charge in [0.05, 0.1) is 19.8 Å². The lowest BCUT2D eigenvalue weighted by molar-refractivity contribution is -0.154. The molecule has 3 N–H and O–H groups in total. The molecule has 0 fully saturated rings. The van der Waals surface area contributed by atoms with Gasteiger partial charge >= 0.3 is 13.8 Å². The fourth-order valence-corrected chi connectivity index (χ4v) is 7.26. The van der Waals surface area contributed by atoms with Crippen LogP contribution in [0.25, 0.3) is 0 Å². The van der Waals surface area contributed by atoms with E-state index in [9.17, 15) is 14.3 Å². The van der Waals surface area contributed by atoms with Gasteiger partial charge in [-0.2, -0.15) is 0 Å². The van der Waals surface area contributed by atoms with Crippen molar-refractivity contribution >= 4 is 13.8 Å². The molecule has 2 atom stereocenters. The van der Waals surface area contributed by atoms with Crippen molar-refractivity contribution in [3.8, 4) is 0 Å². The molecule has 0 aromatic carbocycles. The number of carbonyl (C=O) groups excluding carboxylic acids is 1. The van der Waals surface area contributed by atoms with E-state index in [-0.39, 0.29) is 38.8 Å². The maximum atomic E-state index is 12.6. The molecule has 0 heterocycles. The summed E-state index contributed by atoms with van der Waals surface area (Å²) in [5, 5.41) is 0. The zero-order valence-corrected chi connectivity index (χ0v) is 38.4. The summed E-state index contributed by atoms with van der Waals surface area (Å²) in [5.74, 6) is -0.360. The summed E-state index contributed by atoms with van der Waals surface area (Å²) < 4.78 is 33.5. The molecule has 0 aliphatic carbocycles. The van der Waals surface area contributed by atoms with Gasteiger partial charge in [-0.15, -0.1) is 0 Å². The molecular formula is C49H90NO7P. The van der Waals surface area contributed by atoms with Crippen LogP contribution in [0, 0.1) is 0 Å². The van der Waals surface area contributed by atoms with Crippen LogP contribution in [-0.2, 0) is 27.9 Å². The SMILES string of the molecule is CC/C=C\C/C=C\C/C=C\C/C=C\C/C=C\CCCCCC(=O)OC(COCCCCCCCCCCCCCCCCCCCCCC)COP(=O)(O)OCCN. The lowest BCUT2D eigenvalue weighted by atomic mass is 10.0. The minimum absolute atomic E-state index is 0.0932. The highest BCUT2D eigenvalue weighted by atomic mass is 31.2. The Bertz CT molecular complexity index is 1070. The summed E-state index contributed by atoms with van der Waals surface area (Å²) >= 11 is 0. The first-order valence-corrected chi connectivity index (χ1v) is 25.3. The summed E-state index contributed by atoms with van der Waals surface area (Å²) in [6.07, 6.45) is 56.8. The molecule has 0 radical (unpaired) electrons. The van der Waals surface area contributed by atoms with E-state index < -0.39 is 13.9 Å². The number of phosphoric acid groups is 1. The first-order valence-electron chi connectivity index (χ1n) is 23.8. The van der Waals surface area contributed by atoms with Crippen LogP contribution in [0.15, 0.2) is 60.8 Å². The minimum atomic E-state index is -4.29. The molecule has 9 heteroatoms. The molecule has 0 aliphatic rings. The second-order valence-corrected chi connectivity index (χ2v) is 17.1. The number of esters is 1. The van der Waals surface area contributed by atoms with Gasteiger partial charge in [0.2, 0.25) is 0 Å². The summed E-state index contributed by atoms with van der Waals surface area (Å²) in [5.41, 5.74) is 5.38. The molecule has 0 aliphatic heterocycles. The quantitative estimate of drug-likeness (QED) is 0.0269. The number of hydrogen-bond acceptors (Lipinski definition) is 7. The highest BCUT2D eigenvalue weighted by molar-refractivity contribution is 7.47. The van der Waals surface area contributed by atoms with Crippen molar-refractivity contribution in [2.24, 2.45) is 5.73 Å². The van der Waals surface area contributed by atoms with Gasteiger partial charge in [-0.25, -0.2) is 4.57 Å². The Morgan fingerprint density at radius 3 is 1.43 bits per heavy atom. The van der Waals surface area contributed by atoms with Crippen LogP contribution in [0.1, 0.15) is 206 Å². The summed E-state index contributed by atoms with van der Waals surface area (Å²) in [6.45, 7) is 4.78. The Balaban J connectivity index is 4.03. The molecule has 0 aromatic heterocycles. The van der Waals surface area contributed by atoms with Crippen LogP contribution in [0.4, 0.5) is 0 Å². The number of unbranched alkanes of at least 4 members (excludes halogenated alkanes) is 22. The van der Waals surface area contributed by atoms with Crippen molar-refractivity contribution in [1.82, 2.24) is 0 Å². The number of nitrogens with two attached hydrogens (primary N) is 1. The van der Waals surface area contributed by atoms with Crippen molar-refractivity contribution in [1.29, 1.82) is 0 Å². The molecular weight excluding hydrogens is 746 g/mol. The van der Waals surface area contributed by atoms with Crippen molar-refractivity contribution in [2.45, 2.75) is 213 Å². The van der Waals surface area contributed by atoms with Gasteiger partial charge in [0.1, 0.15) is 6.10 Å². The molecule has 2 unspecified atom stereocenters. The molecule has 0 spiro atoms. The number of hydrogen-bond donors (Lipinski definition) is 2. The summed E-state index contributed by atoms with van der Waals surface area (Å²) in [7, 11) is -4.29. The highest BCUT2D eigenvalue weighted by Gasteiger charge is 2.25. The van der Waals surface area contributed by atoms with Crippen LogP contribution >= 0.6 is 7.82 Å². The van der Waals surface area contributed by atoms with Crippen molar-refractivity contribution in [2.75, 3.05) is 33.0 Å². The summed E-state index contributed by atoms with van der Waals surface area (Å²) in [6, 6.07) is 0. The van der Waals surface area contributed by atoms with E-state index in [4.69, 9.17) is 24.3 Å². The lowest BCUT2D eigenvalue weighted by Crippen LogP contribution is -2.28. The Labute approximate surface area is 357 Å². The number of phosphoric ester groups is 1. The third-order valence-corrected chi connectivity index (χ3v) is 10.9. The number of allylic oxidation sites excluding steroid dienone is 10. The summed E-state index contributed by atoms with van der Waals surface area (Å²) in [4.78, 5) is 22.5. The van der Waals surface area contributed by atoms with Crippen LogP contribution in [-0.4, -0.2) is 49.9 Å². The molecule has 0 bridgehead atoms. The monoisotopic (exact) mass is 836 g/mol. The van der Waals surface area contributed by atoms with Crippen molar-refractivity contribution in [3.63, 3.8) is 0 Å². The van der Waals surface area contributed by atoms with E-state index in [1.165, 1.54) is 116 Å². The molecule has 0 saturated carbocycles. The molecule has 0 amide bonds. The van der Waals surface area contributed by atoms with E-state index in [0.29, 0.717) is 6.61 Å². The zero-order valence-electron chi connectivity index (χ0n) is 37.5. The van der Waals surface area contributed by atoms with E-state index in [1.807, 2.05) is 0 Å². The Hall–Kier alpha value is -1.80. The van der Waals surface area contributed by atoms with Gasteiger partial charge < -0.3 is 20.1 Å². The van der Waals surface area contributed by atoms with Crippen LogP contribution in [0.5, 0.6) is 0 Å². The van der Waals surface area contributed by atoms with Crippen LogP contribution in [0.3, 0.4) is 0 Å². The van der Waals surface area contributed by atoms with Gasteiger partial charge in [-0.1, -0.05) is 203 Å². The maximum Gasteiger partial charge on any atom is 0.472 e. The van der Waals surface area contributed by atoms with Gasteiger partial charge in [0.25, 0.3) is 0 Å². The number of carbonyl (C=O) groups is 1. The van der Waals surface area contributed by atoms with E-state index in [1.54, 1.807) is 0 Å². The average molecular weight is 836 g/mol. The number of rotatable bonds is 45. The first-order chi connectivity index (χ1) is 28.4. The Morgan fingerprint density at radius 1 is 0.534 bits per heavy atom.